The van der Waals surface area contributed by atoms with Gasteiger partial charge in [-0.3, -0.25) is 14.4 Å². The van der Waals surface area contributed by atoms with E-state index in [-0.39, 0.29) is 12.2 Å². The van der Waals surface area contributed by atoms with Crippen molar-refractivity contribution in [3.05, 3.63) is 63.4 Å². The maximum atomic E-state index is 13.4. The van der Waals surface area contributed by atoms with Crippen molar-refractivity contribution < 1.29 is 47.7 Å². The minimum absolute atomic E-state index is 0.0932. The van der Waals surface area contributed by atoms with Gasteiger partial charge in [-0.05, 0) is 18.9 Å². The van der Waals surface area contributed by atoms with Gasteiger partial charge in [0.1, 0.15) is 23.1 Å². The van der Waals surface area contributed by atoms with Crippen LogP contribution in [0.4, 0.5) is 0 Å². The average molecular weight is 672 g/mol. The minimum atomic E-state index is -1.54. The maximum absolute atomic E-state index is 13.4. The second kappa shape index (κ2) is 15.7. The molecule has 0 radical (unpaired) electrons. The van der Waals surface area contributed by atoms with Gasteiger partial charge in [0.05, 0.1) is 13.0 Å². The van der Waals surface area contributed by atoms with Crippen LogP contribution in [-0.2, 0) is 39.8 Å². The number of nitrogens with zero attached hydrogens (tertiary/aromatic N) is 1. The lowest BCUT2D eigenvalue weighted by atomic mass is 9.91. The molecule has 1 aliphatic rings. The van der Waals surface area contributed by atoms with Crippen molar-refractivity contribution in [2.24, 2.45) is 11.8 Å². The lowest BCUT2D eigenvalue weighted by Crippen LogP contribution is -2.47. The molecule has 1 amide bonds. The molecule has 0 spiro atoms. The monoisotopic (exact) mass is 670 g/mol. The average Bonchev–Trinajstić information content (AvgIpc) is 3.03. The highest BCUT2D eigenvalue weighted by molar-refractivity contribution is 6.62. The zero-order valence-corrected chi connectivity index (χ0v) is 26.3. The zero-order valence-electron chi connectivity index (χ0n) is 24.0. The van der Waals surface area contributed by atoms with E-state index in [9.17, 15) is 24.0 Å². The summed E-state index contributed by atoms with van der Waals surface area (Å²) in [5.74, 6) is -6.77. The molecular formula is C29H29Cl3N2O10. The van der Waals surface area contributed by atoms with Gasteiger partial charge >= 0.3 is 23.9 Å². The molecule has 0 saturated carbocycles. The third-order valence-corrected chi connectivity index (χ3v) is 7.23. The van der Waals surface area contributed by atoms with Gasteiger partial charge in [0.25, 0.3) is 5.91 Å². The van der Waals surface area contributed by atoms with E-state index in [1.54, 1.807) is 44.2 Å². The Kier molecular flexibility index (Phi) is 12.4. The Bertz CT molecular complexity index is 1430. The predicted molar refractivity (Wildman–Crippen MR) is 157 cm³/mol. The molecule has 1 saturated heterocycles. The molecule has 2 aromatic rings. The number of cyclic esters (lactones) is 2. The maximum Gasteiger partial charge on any atom is 0.357 e. The number of hydrogen-bond acceptors (Lipinski definition) is 11. The van der Waals surface area contributed by atoms with Gasteiger partial charge in [0.2, 0.25) is 5.75 Å². The fraction of sp³-hybridized carbons (Fsp3) is 0.379. The highest BCUT2D eigenvalue weighted by Crippen LogP contribution is 2.32. The summed E-state index contributed by atoms with van der Waals surface area (Å²) in [7, 11) is 1.24. The summed E-state index contributed by atoms with van der Waals surface area (Å²) >= 11 is 16.9. The van der Waals surface area contributed by atoms with Crippen LogP contribution >= 0.6 is 34.8 Å². The summed E-state index contributed by atoms with van der Waals surface area (Å²) < 4.78 is 26.4. The van der Waals surface area contributed by atoms with E-state index in [2.05, 4.69) is 10.3 Å². The Morgan fingerprint density at radius 2 is 1.75 bits per heavy atom. The number of carbonyl (C=O) groups excluding carboxylic acids is 5. The standard InChI is InChI=1S/C29H29Cl3N2O10/c1-14(2)26(36)43-22-15(3)42-28(38)18(13-41-27(37)17(22)12-16-8-6-5-7-9-16)34-25(35)21-23(19(40-4)10-11-33-21)44-29(39)20(30)24(31)32/h5-11,14-15,17-18,22H,12-13H2,1-4H3,(H,34,35)/t15-,17+,18-,22-/m0/s1. The van der Waals surface area contributed by atoms with Crippen molar-refractivity contribution >= 4 is 64.6 Å². The van der Waals surface area contributed by atoms with Crippen LogP contribution in [0.5, 0.6) is 11.5 Å². The van der Waals surface area contributed by atoms with Crippen molar-refractivity contribution in [3.63, 3.8) is 0 Å². The topological polar surface area (TPSA) is 156 Å². The van der Waals surface area contributed by atoms with Crippen molar-refractivity contribution in [1.82, 2.24) is 10.3 Å². The first kappa shape index (κ1) is 34.6. The fourth-order valence-electron chi connectivity index (χ4n) is 4.04. The van der Waals surface area contributed by atoms with E-state index in [0.717, 1.165) is 5.56 Å². The third-order valence-electron chi connectivity index (χ3n) is 6.31. The number of hydrogen-bond donors (Lipinski definition) is 1. The summed E-state index contributed by atoms with van der Waals surface area (Å²) in [5.41, 5.74) is 0.254. The Hall–Kier alpha value is -3.87. The van der Waals surface area contributed by atoms with Crippen LogP contribution in [0, 0.1) is 11.8 Å². The molecule has 2 heterocycles. The Labute approximate surface area is 267 Å². The van der Waals surface area contributed by atoms with Crippen LogP contribution in [0.1, 0.15) is 36.8 Å². The van der Waals surface area contributed by atoms with Crippen molar-refractivity contribution in [1.29, 1.82) is 0 Å². The van der Waals surface area contributed by atoms with Crippen LogP contribution < -0.4 is 14.8 Å². The molecule has 1 aromatic carbocycles. The summed E-state index contributed by atoms with van der Waals surface area (Å²) in [5, 5.41) is 1.70. The normalized spacial score (nSPS) is 20.2. The zero-order chi connectivity index (χ0) is 32.6. The molecule has 0 bridgehead atoms. The minimum Gasteiger partial charge on any atom is -0.493 e. The highest BCUT2D eigenvalue weighted by atomic mass is 35.5. The van der Waals surface area contributed by atoms with Crippen molar-refractivity contribution in [2.45, 2.75) is 45.4 Å². The molecule has 4 atom stereocenters. The number of halogens is 3. The van der Waals surface area contributed by atoms with E-state index in [1.165, 1.54) is 26.3 Å². The van der Waals surface area contributed by atoms with Gasteiger partial charge in [0.15, 0.2) is 28.6 Å². The van der Waals surface area contributed by atoms with Crippen LogP contribution in [0.3, 0.4) is 0 Å². The lowest BCUT2D eigenvalue weighted by molar-refractivity contribution is -0.176. The first-order chi connectivity index (χ1) is 20.8. The summed E-state index contributed by atoms with van der Waals surface area (Å²) in [4.78, 5) is 68.9. The van der Waals surface area contributed by atoms with E-state index >= 15 is 0 Å². The summed E-state index contributed by atoms with van der Waals surface area (Å²) in [6.07, 6.45) is -1.03. The summed E-state index contributed by atoms with van der Waals surface area (Å²) in [6, 6.07) is 8.71. The van der Waals surface area contributed by atoms with Crippen LogP contribution in [0.15, 0.2) is 52.1 Å². The Morgan fingerprint density at radius 3 is 2.36 bits per heavy atom. The predicted octanol–water partition coefficient (Wildman–Crippen LogP) is 3.89. The lowest BCUT2D eigenvalue weighted by Gasteiger charge is -2.29. The molecule has 12 nitrogen and oxygen atoms in total. The number of benzene rings is 1. The number of esters is 4. The molecule has 1 aromatic heterocycles. The molecule has 15 heteroatoms. The SMILES string of the molecule is COc1ccnc(C(=O)N[C@H]2COC(=O)[C@H](Cc3ccccc3)[C@@H](OC(=O)C(C)C)[C@H](C)OC2=O)c1OC(=O)C(Cl)=C(Cl)Cl. The number of methoxy groups -OCH3 is 1. The van der Waals surface area contributed by atoms with Gasteiger partial charge < -0.3 is 29.0 Å². The number of rotatable bonds is 9. The van der Waals surface area contributed by atoms with Crippen LogP contribution in [-0.4, -0.2) is 66.7 Å². The number of ether oxygens (including phenoxy) is 5. The molecule has 0 aliphatic carbocycles. The van der Waals surface area contributed by atoms with E-state index in [4.69, 9.17) is 58.5 Å². The van der Waals surface area contributed by atoms with E-state index < -0.39 is 87.4 Å². The second-order valence-electron chi connectivity index (χ2n) is 9.81. The van der Waals surface area contributed by atoms with Gasteiger partial charge in [-0.25, -0.2) is 14.6 Å². The molecular weight excluding hydrogens is 643 g/mol. The third kappa shape index (κ3) is 8.84. The van der Waals surface area contributed by atoms with Gasteiger partial charge in [0, 0.05) is 12.3 Å². The highest BCUT2D eigenvalue weighted by Gasteiger charge is 2.42. The summed E-state index contributed by atoms with van der Waals surface area (Å²) in [6.45, 7) is 4.07. The molecule has 44 heavy (non-hydrogen) atoms. The Balaban J connectivity index is 1.91. The van der Waals surface area contributed by atoms with Crippen LogP contribution in [0.25, 0.3) is 0 Å². The molecule has 1 aliphatic heterocycles. The van der Waals surface area contributed by atoms with E-state index in [1.807, 2.05) is 0 Å². The number of aromatic nitrogens is 1. The quantitative estimate of drug-likeness (QED) is 0.234. The first-order valence-electron chi connectivity index (χ1n) is 13.2. The molecule has 0 unspecified atom stereocenters. The number of pyridine rings is 1. The molecule has 236 valence electrons. The number of nitrogens with one attached hydrogen (secondary N) is 1. The van der Waals surface area contributed by atoms with Crippen molar-refractivity contribution in [2.75, 3.05) is 13.7 Å². The number of carbonyl (C=O) groups is 5. The largest absolute Gasteiger partial charge is 0.493 e. The fourth-order valence-corrected chi connectivity index (χ4v) is 4.24. The van der Waals surface area contributed by atoms with Gasteiger partial charge in [-0.1, -0.05) is 79.0 Å². The smallest absolute Gasteiger partial charge is 0.357 e. The molecule has 1 N–H and O–H groups in total. The molecule has 3 rings (SSSR count). The van der Waals surface area contributed by atoms with Gasteiger partial charge in [-0.15, -0.1) is 0 Å². The first-order valence-corrected chi connectivity index (χ1v) is 14.4. The Morgan fingerprint density at radius 1 is 1.07 bits per heavy atom. The second-order valence-corrected chi connectivity index (χ2v) is 11.1. The van der Waals surface area contributed by atoms with E-state index in [0.29, 0.717) is 0 Å². The van der Waals surface area contributed by atoms with Crippen molar-refractivity contribution in [3.8, 4) is 11.5 Å². The molecule has 1 fully saturated rings. The van der Waals surface area contributed by atoms with Gasteiger partial charge in [-0.2, -0.15) is 0 Å². The number of amides is 1. The van der Waals surface area contributed by atoms with Crippen LogP contribution in [0.2, 0.25) is 0 Å².